The van der Waals surface area contributed by atoms with Gasteiger partial charge in [-0.25, -0.2) is 0 Å². The maximum absolute atomic E-state index is 12.5. The number of hydrogen-bond donors (Lipinski definition) is 2. The van der Waals surface area contributed by atoms with Crippen LogP contribution in [0, 0.1) is 6.92 Å². The number of thiocarbonyl (C=S) groups is 1. The molecule has 0 atom stereocenters. The van der Waals surface area contributed by atoms with E-state index in [-0.39, 0.29) is 5.91 Å². The number of hydrogen-bond acceptors (Lipinski definition) is 3. The van der Waals surface area contributed by atoms with Crippen molar-refractivity contribution in [3.8, 4) is 0 Å². The number of nitrogens with one attached hydrogen (secondary N) is 1. The van der Waals surface area contributed by atoms with Crippen molar-refractivity contribution in [3.63, 3.8) is 0 Å². The van der Waals surface area contributed by atoms with E-state index in [1.54, 1.807) is 11.3 Å². The van der Waals surface area contributed by atoms with Gasteiger partial charge < -0.3 is 11.1 Å². The van der Waals surface area contributed by atoms with Crippen molar-refractivity contribution in [2.75, 3.05) is 0 Å². The average molecular weight is 310 g/mol. The van der Waals surface area contributed by atoms with Crippen molar-refractivity contribution in [2.45, 2.75) is 57.4 Å². The quantitative estimate of drug-likeness (QED) is 0.839. The van der Waals surface area contributed by atoms with Gasteiger partial charge in [0.1, 0.15) is 0 Å². The van der Waals surface area contributed by atoms with Gasteiger partial charge in [-0.3, -0.25) is 4.79 Å². The molecule has 1 fully saturated rings. The van der Waals surface area contributed by atoms with E-state index in [9.17, 15) is 4.79 Å². The van der Waals surface area contributed by atoms with Gasteiger partial charge in [0.15, 0.2) is 0 Å². The predicted octanol–water partition coefficient (Wildman–Crippen LogP) is 3.56. The Bertz CT molecular complexity index is 488. The van der Waals surface area contributed by atoms with Crippen LogP contribution in [0.4, 0.5) is 0 Å². The fourth-order valence-electron chi connectivity index (χ4n) is 2.82. The van der Waals surface area contributed by atoms with Crippen LogP contribution in [-0.2, 0) is 0 Å². The van der Waals surface area contributed by atoms with E-state index in [0.29, 0.717) is 4.99 Å². The van der Waals surface area contributed by atoms with E-state index < -0.39 is 5.54 Å². The Labute approximate surface area is 129 Å². The standard InChI is InChI=1S/C15H22N2OS2/c1-11-9-20-10-12(11)13(18)17-15(14(16)19)7-5-3-2-4-6-8-15/h9-10H,2-8H2,1H3,(H2,16,19)(H,17,18). The van der Waals surface area contributed by atoms with Gasteiger partial charge in [0.05, 0.1) is 16.1 Å². The van der Waals surface area contributed by atoms with Crippen molar-refractivity contribution in [3.05, 3.63) is 21.9 Å². The summed E-state index contributed by atoms with van der Waals surface area (Å²) in [4.78, 5) is 12.9. The molecule has 1 amide bonds. The lowest BCUT2D eigenvalue weighted by Gasteiger charge is -2.35. The van der Waals surface area contributed by atoms with Gasteiger partial charge in [0, 0.05) is 5.38 Å². The molecule has 110 valence electrons. The van der Waals surface area contributed by atoms with Gasteiger partial charge in [-0.1, -0.05) is 44.3 Å². The number of thiophene rings is 1. The summed E-state index contributed by atoms with van der Waals surface area (Å²) in [6.45, 7) is 1.96. The number of rotatable bonds is 3. The predicted molar refractivity (Wildman–Crippen MR) is 88.4 cm³/mol. The van der Waals surface area contributed by atoms with Crippen molar-refractivity contribution in [2.24, 2.45) is 5.73 Å². The zero-order valence-electron chi connectivity index (χ0n) is 11.9. The Balaban J connectivity index is 2.17. The van der Waals surface area contributed by atoms with E-state index in [4.69, 9.17) is 18.0 Å². The van der Waals surface area contributed by atoms with Gasteiger partial charge in [0.2, 0.25) is 0 Å². The van der Waals surface area contributed by atoms with E-state index in [2.05, 4.69) is 5.32 Å². The number of aryl methyl sites for hydroxylation is 1. The summed E-state index contributed by atoms with van der Waals surface area (Å²) in [6, 6.07) is 0. The molecule has 1 aliphatic rings. The molecule has 0 bridgehead atoms. The van der Waals surface area contributed by atoms with E-state index in [0.717, 1.165) is 36.8 Å². The lowest BCUT2D eigenvalue weighted by atomic mass is 9.83. The van der Waals surface area contributed by atoms with Crippen LogP contribution >= 0.6 is 23.6 Å². The zero-order valence-corrected chi connectivity index (χ0v) is 13.5. The molecule has 0 spiro atoms. The van der Waals surface area contributed by atoms with Crippen LogP contribution in [0.5, 0.6) is 0 Å². The molecule has 0 unspecified atom stereocenters. The van der Waals surface area contributed by atoms with Crippen LogP contribution in [0.25, 0.3) is 0 Å². The maximum atomic E-state index is 12.5. The first-order valence-electron chi connectivity index (χ1n) is 7.20. The Morgan fingerprint density at radius 2 is 1.85 bits per heavy atom. The first kappa shape index (κ1) is 15.4. The summed E-state index contributed by atoms with van der Waals surface area (Å²) in [5, 5.41) is 7.02. The third-order valence-electron chi connectivity index (χ3n) is 4.13. The minimum Gasteiger partial charge on any atom is -0.391 e. The van der Waals surface area contributed by atoms with Gasteiger partial charge in [0.25, 0.3) is 5.91 Å². The van der Waals surface area contributed by atoms with E-state index >= 15 is 0 Å². The average Bonchev–Trinajstić information content (AvgIpc) is 2.78. The topological polar surface area (TPSA) is 55.1 Å². The van der Waals surface area contributed by atoms with Gasteiger partial charge in [-0.15, -0.1) is 0 Å². The first-order valence-corrected chi connectivity index (χ1v) is 8.55. The number of carbonyl (C=O) groups is 1. The monoisotopic (exact) mass is 310 g/mol. The summed E-state index contributed by atoms with van der Waals surface area (Å²) >= 11 is 6.82. The van der Waals surface area contributed by atoms with Crippen molar-refractivity contribution >= 4 is 34.5 Å². The first-order chi connectivity index (χ1) is 9.55. The second-order valence-corrected chi connectivity index (χ2v) is 6.82. The molecule has 0 radical (unpaired) electrons. The molecule has 0 aliphatic heterocycles. The molecule has 3 nitrogen and oxygen atoms in total. The number of nitrogens with two attached hydrogens (primary N) is 1. The van der Waals surface area contributed by atoms with Crippen molar-refractivity contribution in [1.29, 1.82) is 0 Å². The summed E-state index contributed by atoms with van der Waals surface area (Å²) in [5.41, 5.74) is 7.24. The zero-order chi connectivity index (χ0) is 14.6. The van der Waals surface area contributed by atoms with Gasteiger partial charge in [-0.05, 0) is 30.7 Å². The van der Waals surface area contributed by atoms with Crippen LogP contribution in [-0.4, -0.2) is 16.4 Å². The third kappa shape index (κ3) is 3.38. The fraction of sp³-hybridized carbons (Fsp3) is 0.600. The molecule has 3 N–H and O–H groups in total. The fourth-order valence-corrected chi connectivity index (χ4v) is 3.90. The highest BCUT2D eigenvalue weighted by molar-refractivity contribution is 7.80. The Hall–Kier alpha value is -0.940. The third-order valence-corrected chi connectivity index (χ3v) is 5.38. The number of amides is 1. The highest BCUT2D eigenvalue weighted by Gasteiger charge is 2.35. The minimum absolute atomic E-state index is 0.0443. The largest absolute Gasteiger partial charge is 0.391 e. The molecule has 0 saturated heterocycles. The molecular formula is C15H22N2OS2. The summed E-state index contributed by atoms with van der Waals surface area (Å²) in [7, 11) is 0. The second-order valence-electron chi connectivity index (χ2n) is 5.64. The van der Waals surface area contributed by atoms with Crippen molar-refractivity contribution < 1.29 is 4.79 Å². The molecule has 1 saturated carbocycles. The van der Waals surface area contributed by atoms with Crippen LogP contribution in [0.2, 0.25) is 0 Å². The smallest absolute Gasteiger partial charge is 0.253 e. The Morgan fingerprint density at radius 3 is 2.35 bits per heavy atom. The molecule has 2 rings (SSSR count). The van der Waals surface area contributed by atoms with Gasteiger partial charge in [-0.2, -0.15) is 11.3 Å². The number of carbonyl (C=O) groups excluding carboxylic acids is 1. The molecule has 1 aliphatic carbocycles. The normalized spacial score (nSPS) is 18.9. The molecule has 0 aromatic carbocycles. The van der Waals surface area contributed by atoms with Crippen LogP contribution < -0.4 is 11.1 Å². The van der Waals surface area contributed by atoms with Gasteiger partial charge >= 0.3 is 0 Å². The Kier molecular flexibility index (Phi) is 5.16. The highest BCUT2D eigenvalue weighted by atomic mass is 32.1. The molecular weight excluding hydrogens is 288 g/mol. The molecule has 1 heterocycles. The molecule has 20 heavy (non-hydrogen) atoms. The second kappa shape index (κ2) is 6.68. The van der Waals surface area contributed by atoms with E-state index in [1.807, 2.05) is 17.7 Å². The molecule has 1 aromatic heterocycles. The van der Waals surface area contributed by atoms with Crippen LogP contribution in [0.3, 0.4) is 0 Å². The van der Waals surface area contributed by atoms with Crippen LogP contribution in [0.15, 0.2) is 10.8 Å². The highest BCUT2D eigenvalue weighted by Crippen LogP contribution is 2.28. The summed E-state index contributed by atoms with van der Waals surface area (Å²) < 4.78 is 0. The Morgan fingerprint density at radius 1 is 1.25 bits per heavy atom. The summed E-state index contributed by atoms with van der Waals surface area (Å²) in [6.07, 6.45) is 7.51. The maximum Gasteiger partial charge on any atom is 0.253 e. The minimum atomic E-state index is -0.499. The van der Waals surface area contributed by atoms with E-state index in [1.165, 1.54) is 19.3 Å². The summed E-state index contributed by atoms with van der Waals surface area (Å²) in [5.74, 6) is -0.0443. The SMILES string of the molecule is Cc1cscc1C(=O)NC1(C(N)=S)CCCCCCC1. The molecule has 1 aromatic rings. The lowest BCUT2D eigenvalue weighted by Crippen LogP contribution is -2.57. The molecule has 5 heteroatoms. The van der Waals surface area contributed by atoms with Crippen LogP contribution in [0.1, 0.15) is 60.9 Å². The lowest BCUT2D eigenvalue weighted by molar-refractivity contribution is 0.0912. The van der Waals surface area contributed by atoms with Crippen molar-refractivity contribution in [1.82, 2.24) is 5.32 Å².